The number of aryl methyl sites for hydroxylation is 1. The van der Waals surface area contributed by atoms with E-state index in [4.69, 9.17) is 9.26 Å². The molecule has 32 heavy (non-hydrogen) atoms. The van der Waals surface area contributed by atoms with Crippen LogP contribution in [0.25, 0.3) is 22.8 Å². The Kier molecular flexibility index (Phi) is 6.12. The van der Waals surface area contributed by atoms with E-state index in [1.807, 2.05) is 55.5 Å². The second-order valence-corrected chi connectivity index (χ2v) is 7.23. The smallest absolute Gasteiger partial charge is 0.263 e. The van der Waals surface area contributed by atoms with Gasteiger partial charge in [-0.15, -0.1) is 0 Å². The molecule has 162 valence electrons. The number of benzene rings is 2. The second-order valence-electron chi connectivity index (χ2n) is 7.23. The van der Waals surface area contributed by atoms with Crippen molar-refractivity contribution in [3.63, 3.8) is 0 Å². The molecule has 4 rings (SSSR count). The van der Waals surface area contributed by atoms with Gasteiger partial charge in [-0.25, -0.2) is 0 Å². The number of hydrogen-bond acceptors (Lipinski definition) is 6. The quantitative estimate of drug-likeness (QED) is 0.483. The van der Waals surface area contributed by atoms with Crippen molar-refractivity contribution in [2.24, 2.45) is 0 Å². The van der Waals surface area contributed by atoms with E-state index in [2.05, 4.69) is 15.5 Å². The molecule has 0 aliphatic carbocycles. The Morgan fingerprint density at radius 1 is 1.09 bits per heavy atom. The van der Waals surface area contributed by atoms with Crippen LogP contribution >= 0.6 is 0 Å². The molecule has 0 aliphatic heterocycles. The van der Waals surface area contributed by atoms with Gasteiger partial charge in [0, 0.05) is 23.9 Å². The average Bonchev–Trinajstić information content (AvgIpc) is 3.30. The summed E-state index contributed by atoms with van der Waals surface area (Å²) in [6, 6.07) is 18.4. The minimum absolute atomic E-state index is 0.106. The van der Waals surface area contributed by atoms with E-state index in [0.717, 1.165) is 16.7 Å². The van der Waals surface area contributed by atoms with Gasteiger partial charge in [0.1, 0.15) is 17.9 Å². The minimum atomic E-state index is -0.390. The molecule has 0 bridgehead atoms. The average molecular weight is 430 g/mol. The summed E-state index contributed by atoms with van der Waals surface area (Å²) in [7, 11) is 1.58. The molecule has 2 aromatic heterocycles. The van der Waals surface area contributed by atoms with Crippen LogP contribution in [-0.2, 0) is 17.9 Å². The molecule has 0 atom stereocenters. The van der Waals surface area contributed by atoms with Gasteiger partial charge < -0.3 is 19.1 Å². The van der Waals surface area contributed by atoms with Crippen LogP contribution < -0.4 is 15.6 Å². The summed E-state index contributed by atoms with van der Waals surface area (Å²) in [5.41, 5.74) is 2.60. The SMILES string of the molecule is COc1ccccc1CNC(=O)Cn1cccc(-c2nc(-c3ccc(C)cc3)no2)c1=O. The third kappa shape index (κ3) is 4.59. The van der Waals surface area contributed by atoms with E-state index in [1.165, 1.54) is 4.57 Å². The van der Waals surface area contributed by atoms with Crippen molar-refractivity contribution in [3.05, 3.63) is 88.3 Å². The summed E-state index contributed by atoms with van der Waals surface area (Å²) in [4.78, 5) is 29.7. The fourth-order valence-corrected chi connectivity index (χ4v) is 3.23. The first-order valence-corrected chi connectivity index (χ1v) is 10.0. The zero-order chi connectivity index (χ0) is 22.5. The first kappa shape index (κ1) is 21.0. The van der Waals surface area contributed by atoms with Crippen LogP contribution in [0.5, 0.6) is 5.75 Å². The first-order valence-electron chi connectivity index (χ1n) is 10.0. The highest BCUT2D eigenvalue weighted by Crippen LogP contribution is 2.20. The minimum Gasteiger partial charge on any atom is -0.496 e. The number of carbonyl (C=O) groups is 1. The van der Waals surface area contributed by atoms with Crippen molar-refractivity contribution < 1.29 is 14.1 Å². The van der Waals surface area contributed by atoms with E-state index in [9.17, 15) is 9.59 Å². The first-order chi connectivity index (χ1) is 15.5. The van der Waals surface area contributed by atoms with Crippen molar-refractivity contribution in [2.45, 2.75) is 20.0 Å². The number of aromatic nitrogens is 3. The van der Waals surface area contributed by atoms with Gasteiger partial charge in [-0.1, -0.05) is 53.2 Å². The van der Waals surface area contributed by atoms with Crippen molar-refractivity contribution in [2.75, 3.05) is 7.11 Å². The van der Waals surface area contributed by atoms with E-state index in [1.54, 1.807) is 25.4 Å². The molecule has 1 N–H and O–H groups in total. The Morgan fingerprint density at radius 2 is 1.88 bits per heavy atom. The van der Waals surface area contributed by atoms with E-state index in [0.29, 0.717) is 18.1 Å². The lowest BCUT2D eigenvalue weighted by molar-refractivity contribution is -0.121. The monoisotopic (exact) mass is 430 g/mol. The molecular formula is C24H22N4O4. The number of rotatable bonds is 7. The van der Waals surface area contributed by atoms with Gasteiger partial charge in [-0.05, 0) is 25.1 Å². The molecule has 0 aliphatic rings. The molecule has 1 amide bonds. The standard InChI is InChI=1S/C24H22N4O4/c1-16-9-11-17(12-10-16)22-26-23(32-27-22)19-7-5-13-28(24(19)30)15-21(29)25-14-18-6-3-4-8-20(18)31-2/h3-13H,14-15H2,1-2H3,(H,25,29). The largest absolute Gasteiger partial charge is 0.496 e. The van der Waals surface area contributed by atoms with Crippen LogP contribution in [0.4, 0.5) is 0 Å². The van der Waals surface area contributed by atoms with E-state index < -0.39 is 0 Å². The molecule has 4 aromatic rings. The van der Waals surface area contributed by atoms with Crippen LogP contribution in [0, 0.1) is 6.92 Å². The van der Waals surface area contributed by atoms with Gasteiger partial charge in [0.2, 0.25) is 11.7 Å². The third-order valence-electron chi connectivity index (χ3n) is 4.97. The molecular weight excluding hydrogens is 408 g/mol. The van der Waals surface area contributed by atoms with Crippen LogP contribution in [0.2, 0.25) is 0 Å². The van der Waals surface area contributed by atoms with E-state index >= 15 is 0 Å². The van der Waals surface area contributed by atoms with Gasteiger partial charge in [-0.3, -0.25) is 9.59 Å². The van der Waals surface area contributed by atoms with Crippen LogP contribution in [0.15, 0.2) is 76.2 Å². The van der Waals surface area contributed by atoms with Gasteiger partial charge in [0.05, 0.1) is 7.11 Å². The fourth-order valence-electron chi connectivity index (χ4n) is 3.23. The van der Waals surface area contributed by atoms with Crippen LogP contribution in [0.1, 0.15) is 11.1 Å². The predicted octanol–water partition coefficient (Wildman–Crippen LogP) is 3.20. The normalized spacial score (nSPS) is 10.7. The molecule has 2 heterocycles. The lowest BCUT2D eigenvalue weighted by Gasteiger charge is -2.10. The third-order valence-corrected chi connectivity index (χ3v) is 4.97. The Bertz CT molecular complexity index is 1290. The molecule has 0 spiro atoms. The summed E-state index contributed by atoms with van der Waals surface area (Å²) in [6.45, 7) is 2.14. The lowest BCUT2D eigenvalue weighted by atomic mass is 10.1. The zero-order valence-corrected chi connectivity index (χ0v) is 17.7. The van der Waals surface area contributed by atoms with Crippen molar-refractivity contribution in [3.8, 4) is 28.6 Å². The summed E-state index contributed by atoms with van der Waals surface area (Å²) in [6.07, 6.45) is 1.55. The molecule has 0 radical (unpaired) electrons. The molecule has 2 aromatic carbocycles. The number of nitrogens with one attached hydrogen (secondary N) is 1. The number of amides is 1. The number of carbonyl (C=O) groups excluding carboxylic acids is 1. The van der Waals surface area contributed by atoms with Crippen molar-refractivity contribution in [1.29, 1.82) is 0 Å². The van der Waals surface area contributed by atoms with Crippen molar-refractivity contribution >= 4 is 5.91 Å². The lowest BCUT2D eigenvalue weighted by Crippen LogP contribution is -2.32. The number of nitrogens with zero attached hydrogens (tertiary/aromatic N) is 3. The highest BCUT2D eigenvalue weighted by atomic mass is 16.5. The Labute approximate surface area is 184 Å². The fraction of sp³-hybridized carbons (Fsp3) is 0.167. The summed E-state index contributed by atoms with van der Waals surface area (Å²) >= 11 is 0. The molecule has 0 fully saturated rings. The van der Waals surface area contributed by atoms with Gasteiger partial charge in [0.25, 0.3) is 11.4 Å². The number of hydrogen-bond donors (Lipinski definition) is 1. The summed E-state index contributed by atoms with van der Waals surface area (Å²) in [5, 5.41) is 6.79. The second kappa shape index (κ2) is 9.30. The van der Waals surface area contributed by atoms with Crippen LogP contribution in [0.3, 0.4) is 0 Å². The highest BCUT2D eigenvalue weighted by Gasteiger charge is 2.16. The summed E-state index contributed by atoms with van der Waals surface area (Å²) < 4.78 is 11.9. The Hall–Kier alpha value is -4.20. The van der Waals surface area contributed by atoms with Gasteiger partial charge in [-0.2, -0.15) is 4.98 Å². The molecule has 0 unspecified atom stereocenters. The number of pyridine rings is 1. The Balaban J connectivity index is 1.49. The molecule has 0 saturated heterocycles. The maximum absolute atomic E-state index is 12.9. The topological polar surface area (TPSA) is 99.2 Å². The van der Waals surface area contributed by atoms with E-state index in [-0.39, 0.29) is 29.5 Å². The molecule has 8 heteroatoms. The maximum atomic E-state index is 12.9. The van der Waals surface area contributed by atoms with Gasteiger partial charge >= 0.3 is 0 Å². The van der Waals surface area contributed by atoms with Crippen LogP contribution in [-0.4, -0.2) is 27.7 Å². The molecule has 8 nitrogen and oxygen atoms in total. The maximum Gasteiger partial charge on any atom is 0.263 e. The predicted molar refractivity (Wildman–Crippen MR) is 119 cm³/mol. The number of ether oxygens (including phenoxy) is 1. The number of para-hydroxylation sites is 1. The molecule has 0 saturated carbocycles. The van der Waals surface area contributed by atoms with Crippen molar-refractivity contribution in [1.82, 2.24) is 20.0 Å². The highest BCUT2D eigenvalue weighted by molar-refractivity contribution is 5.76. The number of methoxy groups -OCH3 is 1. The zero-order valence-electron chi connectivity index (χ0n) is 17.7. The van der Waals surface area contributed by atoms with Gasteiger partial charge in [0.15, 0.2) is 0 Å². The summed E-state index contributed by atoms with van der Waals surface area (Å²) in [5.74, 6) is 0.882. The Morgan fingerprint density at radius 3 is 2.66 bits per heavy atom.